The lowest BCUT2D eigenvalue weighted by Gasteiger charge is -2.34. The number of unbranched alkanes of at least 4 members (excludes halogenated alkanes) is 5. The van der Waals surface area contributed by atoms with Crippen molar-refractivity contribution in [1.29, 1.82) is 0 Å². The average molecular weight is 721 g/mol. The summed E-state index contributed by atoms with van der Waals surface area (Å²) in [5.74, 6) is -2.43. The third-order valence-corrected chi connectivity index (χ3v) is 10.7. The van der Waals surface area contributed by atoms with Crippen molar-refractivity contribution in [3.8, 4) is 0 Å². The number of nitrogens with zero attached hydrogens (tertiary/aromatic N) is 1. The molecule has 5 N–H and O–H groups in total. The number of Topliss-reactive ketones (excluding diaryl/α,β-unsaturated/α-hetero) is 1. The highest BCUT2D eigenvalue weighted by molar-refractivity contribution is 6.12. The van der Waals surface area contributed by atoms with Gasteiger partial charge in [-0.15, -0.1) is 0 Å². The maximum absolute atomic E-state index is 12.5. The Kier molecular flexibility index (Phi) is 17.2. The van der Waals surface area contributed by atoms with Gasteiger partial charge in [0.15, 0.2) is 5.54 Å². The van der Waals surface area contributed by atoms with Crippen LogP contribution in [0.2, 0.25) is 0 Å². The molecule has 1 heterocycles. The molecular formula is C37H56N2O12. The quantitative estimate of drug-likeness (QED) is 0.0378. The Morgan fingerprint density at radius 2 is 1.63 bits per heavy atom. The molecule has 5 atom stereocenters. The highest BCUT2D eigenvalue weighted by atomic mass is 16.7. The van der Waals surface area contributed by atoms with Gasteiger partial charge in [-0.3, -0.25) is 24.1 Å². The average Bonchev–Trinajstić information content (AvgIpc) is 3.43. The monoisotopic (exact) mass is 720 g/mol. The first kappa shape index (κ1) is 41.8. The summed E-state index contributed by atoms with van der Waals surface area (Å²) in [6.07, 6.45) is 13.3. The lowest BCUT2D eigenvalue weighted by molar-refractivity contribution is -0.162. The number of hydrogen-bond acceptors (Lipinski definition) is 11. The van der Waals surface area contributed by atoms with Gasteiger partial charge in [0.2, 0.25) is 6.79 Å². The molecule has 3 aliphatic rings. The lowest BCUT2D eigenvalue weighted by atomic mass is 9.74. The molecular weight excluding hydrogens is 664 g/mol. The van der Waals surface area contributed by atoms with E-state index in [1.807, 2.05) is 11.4 Å². The van der Waals surface area contributed by atoms with E-state index in [1.165, 1.54) is 17.1 Å². The van der Waals surface area contributed by atoms with E-state index >= 15 is 0 Å². The van der Waals surface area contributed by atoms with Crippen LogP contribution in [0.3, 0.4) is 0 Å². The number of ketones is 1. The molecule has 0 radical (unpaired) electrons. The first-order chi connectivity index (χ1) is 24.4. The molecule has 2 aliphatic carbocycles. The number of aliphatic hydroxyl groups is 3. The molecule has 2 saturated carbocycles. The maximum Gasteiger partial charge on any atom is 0.411 e. The van der Waals surface area contributed by atoms with Crippen LogP contribution in [0.15, 0.2) is 24.3 Å². The van der Waals surface area contributed by atoms with Gasteiger partial charge in [-0.2, -0.15) is 0 Å². The SMILES string of the molecule is CCC1CCCC(=O)C1CCCCCCC/C=C/C[C@@H](O)[C@H](O)[C@](CO)(NC(=O)OCOC(=O)C1CCC(CN2C(=O)C=CC2=O)CC1)C(=O)O. The Morgan fingerprint density at radius 3 is 2.27 bits per heavy atom. The molecule has 51 heavy (non-hydrogen) atoms. The van der Waals surface area contributed by atoms with Crippen LogP contribution >= 0.6 is 0 Å². The number of nitrogens with one attached hydrogen (secondary N) is 1. The summed E-state index contributed by atoms with van der Waals surface area (Å²) in [5, 5.41) is 42.8. The number of hydrogen-bond donors (Lipinski definition) is 5. The topological polar surface area (TPSA) is 217 Å². The second-order valence-corrected chi connectivity index (χ2v) is 14.1. The zero-order valence-electron chi connectivity index (χ0n) is 29.7. The minimum Gasteiger partial charge on any atom is -0.479 e. The van der Waals surface area contributed by atoms with E-state index in [9.17, 15) is 49.2 Å². The van der Waals surface area contributed by atoms with E-state index in [-0.39, 0.29) is 36.6 Å². The van der Waals surface area contributed by atoms with Crippen molar-refractivity contribution in [3.63, 3.8) is 0 Å². The van der Waals surface area contributed by atoms with Crippen molar-refractivity contribution in [3.05, 3.63) is 24.3 Å². The van der Waals surface area contributed by atoms with Gasteiger partial charge in [0.25, 0.3) is 11.8 Å². The zero-order valence-corrected chi connectivity index (χ0v) is 29.7. The molecule has 0 aromatic carbocycles. The van der Waals surface area contributed by atoms with Crippen molar-refractivity contribution in [1.82, 2.24) is 10.2 Å². The van der Waals surface area contributed by atoms with Crippen molar-refractivity contribution < 1.29 is 58.7 Å². The molecule has 14 nitrogen and oxygen atoms in total. The van der Waals surface area contributed by atoms with Crippen LogP contribution in [0.5, 0.6) is 0 Å². The number of alkyl carbamates (subject to hydrolysis) is 1. The van der Waals surface area contributed by atoms with Gasteiger partial charge in [-0.1, -0.05) is 51.2 Å². The predicted molar refractivity (Wildman–Crippen MR) is 184 cm³/mol. The molecule has 14 heteroatoms. The maximum atomic E-state index is 12.5. The van der Waals surface area contributed by atoms with Crippen LogP contribution in [0.4, 0.5) is 4.79 Å². The third kappa shape index (κ3) is 12.2. The fourth-order valence-electron chi connectivity index (χ4n) is 7.42. The predicted octanol–water partition coefficient (Wildman–Crippen LogP) is 3.55. The highest BCUT2D eigenvalue weighted by Gasteiger charge is 2.50. The summed E-state index contributed by atoms with van der Waals surface area (Å²) in [7, 11) is 0. The number of ether oxygens (including phenoxy) is 2. The Bertz CT molecular complexity index is 1240. The summed E-state index contributed by atoms with van der Waals surface area (Å²) in [5.41, 5.74) is -2.69. The van der Waals surface area contributed by atoms with Crippen LogP contribution in [0.1, 0.15) is 110 Å². The number of carbonyl (C=O) groups is 6. The summed E-state index contributed by atoms with van der Waals surface area (Å²) in [6.45, 7) is 0.322. The summed E-state index contributed by atoms with van der Waals surface area (Å²) in [6, 6.07) is 0. The molecule has 286 valence electrons. The number of carboxylic acids is 1. The molecule has 2 unspecified atom stereocenters. The third-order valence-electron chi connectivity index (χ3n) is 10.7. The lowest BCUT2D eigenvalue weighted by Crippen LogP contribution is -2.67. The number of aliphatic carboxylic acids is 1. The Morgan fingerprint density at radius 1 is 0.961 bits per heavy atom. The molecule has 0 saturated heterocycles. The highest BCUT2D eigenvalue weighted by Crippen LogP contribution is 2.34. The molecule has 2 fully saturated rings. The van der Waals surface area contributed by atoms with E-state index in [4.69, 9.17) is 9.47 Å². The normalized spacial score (nSPS) is 24.7. The first-order valence-corrected chi connectivity index (χ1v) is 18.5. The molecule has 0 bridgehead atoms. The molecule has 0 spiro atoms. The molecule has 3 amide bonds. The van der Waals surface area contributed by atoms with Crippen LogP contribution in [-0.4, -0.2) is 98.6 Å². The largest absolute Gasteiger partial charge is 0.479 e. The van der Waals surface area contributed by atoms with Crippen LogP contribution in [-0.2, 0) is 33.4 Å². The second kappa shape index (κ2) is 21.0. The summed E-state index contributed by atoms with van der Waals surface area (Å²) < 4.78 is 9.83. The molecule has 0 aromatic rings. The van der Waals surface area contributed by atoms with Crippen molar-refractivity contribution in [2.24, 2.45) is 23.7 Å². The molecule has 3 rings (SSSR count). The van der Waals surface area contributed by atoms with E-state index < -0.39 is 55.1 Å². The summed E-state index contributed by atoms with van der Waals surface area (Å²) >= 11 is 0. The van der Waals surface area contributed by atoms with E-state index in [1.54, 1.807) is 6.08 Å². The van der Waals surface area contributed by atoms with Crippen LogP contribution < -0.4 is 5.32 Å². The van der Waals surface area contributed by atoms with Crippen LogP contribution in [0, 0.1) is 23.7 Å². The molecule has 0 aromatic heterocycles. The first-order valence-electron chi connectivity index (χ1n) is 18.5. The minimum absolute atomic E-state index is 0.0451. The number of rotatable bonds is 21. The van der Waals surface area contributed by atoms with Gasteiger partial charge in [-0.05, 0) is 76.0 Å². The van der Waals surface area contributed by atoms with Crippen molar-refractivity contribution in [2.45, 2.75) is 127 Å². The van der Waals surface area contributed by atoms with Crippen LogP contribution in [0.25, 0.3) is 0 Å². The minimum atomic E-state index is -2.69. The molecule has 1 aliphatic heterocycles. The Balaban J connectivity index is 1.32. The van der Waals surface area contributed by atoms with Crippen molar-refractivity contribution in [2.75, 3.05) is 19.9 Å². The van der Waals surface area contributed by atoms with Gasteiger partial charge in [0.1, 0.15) is 11.9 Å². The van der Waals surface area contributed by atoms with Gasteiger partial charge in [-0.25, -0.2) is 9.59 Å². The zero-order chi connectivity index (χ0) is 37.4. The fourth-order valence-corrected chi connectivity index (χ4v) is 7.42. The Labute approximate surface area is 299 Å². The van der Waals surface area contributed by atoms with E-state index in [0.29, 0.717) is 37.4 Å². The summed E-state index contributed by atoms with van der Waals surface area (Å²) in [4.78, 5) is 74.1. The number of carbonyl (C=O) groups excluding carboxylic acids is 5. The number of aliphatic hydroxyl groups excluding tert-OH is 3. The van der Waals surface area contributed by atoms with E-state index in [2.05, 4.69) is 6.92 Å². The van der Waals surface area contributed by atoms with Gasteiger partial charge >= 0.3 is 18.0 Å². The van der Waals surface area contributed by atoms with Gasteiger partial charge in [0.05, 0.1) is 18.6 Å². The standard InChI is InChI=1S/C37H56N2O12/c1-2-26-12-11-15-29(41)28(26)13-9-7-5-3-4-6-8-10-14-30(42)33(45)37(23-40,35(47)48)38-36(49)51-24-50-34(46)27-18-16-25(17-19-27)22-39-31(43)20-21-32(39)44/h8,10,20-21,25-28,30,33,40,42,45H,2-7,9,11-19,22-24H2,1H3,(H,38,49)(H,47,48)/b10-8+/t25?,26?,27?,28?,30-,33+,37+/m1/s1. The second-order valence-electron chi connectivity index (χ2n) is 14.1. The smallest absolute Gasteiger partial charge is 0.411 e. The fraction of sp³-hybridized carbons (Fsp3) is 0.730. The number of imide groups is 1. The van der Waals surface area contributed by atoms with Gasteiger partial charge in [0, 0.05) is 31.0 Å². The number of amides is 3. The number of esters is 1. The Hall–Kier alpha value is -3.62. The number of carboxylic acid groups (broad SMARTS) is 1. The van der Waals surface area contributed by atoms with Gasteiger partial charge < -0.3 is 35.2 Å². The van der Waals surface area contributed by atoms with E-state index in [0.717, 1.165) is 70.6 Å². The number of allylic oxidation sites excluding steroid dienone is 1. The van der Waals surface area contributed by atoms with Crippen molar-refractivity contribution >= 4 is 35.6 Å².